The summed E-state index contributed by atoms with van der Waals surface area (Å²) in [6, 6.07) is 8.59. The van der Waals surface area contributed by atoms with E-state index in [-0.39, 0.29) is 24.4 Å². The van der Waals surface area contributed by atoms with Gasteiger partial charge in [0.15, 0.2) is 0 Å². The van der Waals surface area contributed by atoms with Crippen LogP contribution in [0.3, 0.4) is 0 Å². The Morgan fingerprint density at radius 3 is 2.36 bits per heavy atom. The number of hydrogen-bond donors (Lipinski definition) is 2. The molecule has 1 aliphatic carbocycles. The molecule has 0 spiro atoms. The van der Waals surface area contributed by atoms with Gasteiger partial charge in [-0.15, -0.1) is 12.4 Å². The Bertz CT molecular complexity index is 462. The van der Waals surface area contributed by atoms with Crippen LogP contribution in [0.4, 0.5) is 0 Å². The Balaban J connectivity index is 0.00000176. The summed E-state index contributed by atoms with van der Waals surface area (Å²) in [6.45, 7) is 1.97. The largest absolute Gasteiger partial charge is 0.348 e. The maximum atomic E-state index is 12.3. The third-order valence-electron chi connectivity index (χ3n) is 4.88. The lowest BCUT2D eigenvalue weighted by Crippen LogP contribution is -2.45. The van der Waals surface area contributed by atoms with Gasteiger partial charge in [-0.1, -0.05) is 31.4 Å². The summed E-state index contributed by atoms with van der Waals surface area (Å²) in [5.74, 6) is 0.775. The second-order valence-corrected chi connectivity index (χ2v) is 6.47. The van der Waals surface area contributed by atoms with Crippen molar-refractivity contribution in [2.24, 2.45) is 0 Å². The first-order valence-corrected chi connectivity index (χ1v) is 8.44. The van der Waals surface area contributed by atoms with Crippen LogP contribution in [0.15, 0.2) is 24.3 Å². The zero-order valence-electron chi connectivity index (χ0n) is 13.1. The Labute approximate surface area is 139 Å². The van der Waals surface area contributed by atoms with Gasteiger partial charge < -0.3 is 10.6 Å². The van der Waals surface area contributed by atoms with E-state index in [1.54, 1.807) is 0 Å². The summed E-state index contributed by atoms with van der Waals surface area (Å²) in [5.41, 5.74) is 2.20. The molecule has 1 aromatic carbocycles. The summed E-state index contributed by atoms with van der Waals surface area (Å²) in [5, 5.41) is 6.46. The first-order chi connectivity index (χ1) is 10.3. The molecular weight excluding hydrogens is 296 g/mol. The lowest BCUT2D eigenvalue weighted by molar-refractivity contribution is 0.0930. The minimum absolute atomic E-state index is 0. The molecule has 0 radical (unpaired) electrons. The molecule has 3 nitrogen and oxygen atoms in total. The number of carbonyl (C=O) groups is 1. The number of benzene rings is 1. The van der Waals surface area contributed by atoms with Gasteiger partial charge in [0.2, 0.25) is 0 Å². The quantitative estimate of drug-likeness (QED) is 0.892. The second-order valence-electron chi connectivity index (χ2n) is 6.47. The molecule has 1 heterocycles. The molecule has 2 N–H and O–H groups in total. The maximum Gasteiger partial charge on any atom is 0.251 e. The van der Waals surface area contributed by atoms with Crippen molar-refractivity contribution in [1.29, 1.82) is 0 Å². The van der Waals surface area contributed by atoms with E-state index in [1.807, 2.05) is 12.1 Å². The van der Waals surface area contributed by atoms with E-state index in [9.17, 15) is 4.79 Å². The highest BCUT2D eigenvalue weighted by Gasteiger charge is 2.18. The lowest BCUT2D eigenvalue weighted by Gasteiger charge is -2.24. The number of halogens is 1. The third-order valence-corrected chi connectivity index (χ3v) is 4.88. The van der Waals surface area contributed by atoms with E-state index in [2.05, 4.69) is 22.8 Å². The minimum atomic E-state index is 0. The average molecular weight is 323 g/mol. The van der Waals surface area contributed by atoms with Gasteiger partial charge in [-0.2, -0.15) is 0 Å². The van der Waals surface area contributed by atoms with Gasteiger partial charge >= 0.3 is 0 Å². The lowest BCUT2D eigenvalue weighted by atomic mass is 9.84. The van der Waals surface area contributed by atoms with Crippen molar-refractivity contribution in [3.8, 4) is 0 Å². The van der Waals surface area contributed by atoms with E-state index in [1.165, 1.54) is 37.7 Å². The van der Waals surface area contributed by atoms with Crippen LogP contribution in [0.5, 0.6) is 0 Å². The van der Waals surface area contributed by atoms with Gasteiger partial charge in [-0.3, -0.25) is 4.79 Å². The second kappa shape index (κ2) is 8.54. The summed E-state index contributed by atoms with van der Waals surface area (Å²) in [4.78, 5) is 12.3. The topological polar surface area (TPSA) is 41.1 Å². The van der Waals surface area contributed by atoms with Gasteiger partial charge in [0, 0.05) is 18.2 Å². The Kier molecular flexibility index (Phi) is 6.71. The number of carbonyl (C=O) groups excluding carboxylic acids is 1. The summed E-state index contributed by atoms with van der Waals surface area (Å²) >= 11 is 0. The normalized spacial score (nSPS) is 22.6. The molecule has 22 heavy (non-hydrogen) atoms. The molecule has 2 aliphatic rings. The molecule has 0 unspecified atom stereocenters. The monoisotopic (exact) mass is 322 g/mol. The number of piperidine rings is 1. The average Bonchev–Trinajstić information content (AvgIpc) is 2.57. The van der Waals surface area contributed by atoms with Gasteiger partial charge in [0.05, 0.1) is 0 Å². The molecule has 0 aromatic heterocycles. The van der Waals surface area contributed by atoms with Crippen LogP contribution in [-0.4, -0.2) is 25.0 Å². The van der Waals surface area contributed by atoms with Crippen LogP contribution in [0.2, 0.25) is 0 Å². The zero-order chi connectivity index (χ0) is 14.5. The van der Waals surface area contributed by atoms with E-state index in [4.69, 9.17) is 0 Å². The predicted octanol–water partition coefficient (Wildman–Crippen LogP) is 3.64. The van der Waals surface area contributed by atoms with Crippen molar-refractivity contribution in [3.05, 3.63) is 35.4 Å². The van der Waals surface area contributed by atoms with E-state index in [0.29, 0.717) is 5.92 Å². The standard InChI is InChI=1S/C18H26N2O.ClH/c21-18(20-17-7-4-12-19-13-17)16-10-8-15(9-11-16)14-5-2-1-3-6-14;/h8-11,14,17,19H,1-7,12-13H2,(H,20,21);1H/t17-;/m0./s1. The fraction of sp³-hybridized carbons (Fsp3) is 0.611. The molecule has 3 rings (SSSR count). The Morgan fingerprint density at radius 2 is 1.73 bits per heavy atom. The first-order valence-electron chi connectivity index (χ1n) is 8.44. The van der Waals surface area contributed by atoms with Gasteiger partial charge in [-0.25, -0.2) is 0 Å². The van der Waals surface area contributed by atoms with Crippen LogP contribution in [0.1, 0.15) is 66.8 Å². The summed E-state index contributed by atoms with van der Waals surface area (Å²) in [6.07, 6.45) is 8.92. The molecular formula is C18H27ClN2O. The third kappa shape index (κ3) is 4.47. The van der Waals surface area contributed by atoms with Gasteiger partial charge in [0.1, 0.15) is 0 Å². The van der Waals surface area contributed by atoms with Gasteiger partial charge in [-0.05, 0) is 55.8 Å². The molecule has 1 saturated heterocycles. The number of nitrogens with one attached hydrogen (secondary N) is 2. The number of hydrogen-bond acceptors (Lipinski definition) is 2. The molecule has 1 aromatic rings. The van der Waals surface area contributed by atoms with Crippen LogP contribution in [0, 0.1) is 0 Å². The molecule has 1 saturated carbocycles. The number of rotatable bonds is 3. The van der Waals surface area contributed by atoms with Gasteiger partial charge in [0.25, 0.3) is 5.91 Å². The van der Waals surface area contributed by atoms with Crippen LogP contribution in [-0.2, 0) is 0 Å². The molecule has 122 valence electrons. The zero-order valence-corrected chi connectivity index (χ0v) is 14.0. The smallest absolute Gasteiger partial charge is 0.251 e. The highest BCUT2D eigenvalue weighted by atomic mass is 35.5. The van der Waals surface area contributed by atoms with Crippen LogP contribution in [0.25, 0.3) is 0 Å². The Morgan fingerprint density at radius 1 is 1.00 bits per heavy atom. The molecule has 2 fully saturated rings. The summed E-state index contributed by atoms with van der Waals surface area (Å²) < 4.78 is 0. The molecule has 0 bridgehead atoms. The Hall–Kier alpha value is -1.06. The van der Waals surface area contributed by atoms with Crippen molar-refractivity contribution in [2.45, 2.75) is 56.9 Å². The van der Waals surface area contributed by atoms with Crippen molar-refractivity contribution < 1.29 is 4.79 Å². The van der Waals surface area contributed by atoms with Crippen molar-refractivity contribution in [1.82, 2.24) is 10.6 Å². The molecule has 1 amide bonds. The maximum absolute atomic E-state index is 12.3. The predicted molar refractivity (Wildman–Crippen MR) is 92.9 cm³/mol. The van der Waals surface area contributed by atoms with E-state index >= 15 is 0 Å². The van der Waals surface area contributed by atoms with Crippen LogP contribution >= 0.6 is 12.4 Å². The van der Waals surface area contributed by atoms with Crippen molar-refractivity contribution >= 4 is 18.3 Å². The van der Waals surface area contributed by atoms with Crippen molar-refractivity contribution in [2.75, 3.05) is 13.1 Å². The van der Waals surface area contributed by atoms with Crippen LogP contribution < -0.4 is 10.6 Å². The first kappa shape index (κ1) is 17.3. The van der Waals surface area contributed by atoms with E-state index < -0.39 is 0 Å². The molecule has 4 heteroatoms. The summed E-state index contributed by atoms with van der Waals surface area (Å²) in [7, 11) is 0. The van der Waals surface area contributed by atoms with E-state index in [0.717, 1.165) is 31.5 Å². The minimum Gasteiger partial charge on any atom is -0.348 e. The van der Waals surface area contributed by atoms with Crippen molar-refractivity contribution in [3.63, 3.8) is 0 Å². The highest BCUT2D eigenvalue weighted by molar-refractivity contribution is 5.94. The molecule has 1 atom stereocenters. The highest BCUT2D eigenvalue weighted by Crippen LogP contribution is 2.32. The fourth-order valence-corrected chi connectivity index (χ4v) is 3.59. The fourth-order valence-electron chi connectivity index (χ4n) is 3.59. The molecule has 1 aliphatic heterocycles. The number of amides is 1. The SMILES string of the molecule is Cl.O=C(N[C@H]1CCCNC1)c1ccc(C2CCCCC2)cc1.